The lowest BCUT2D eigenvalue weighted by Crippen LogP contribution is -2.34. The Bertz CT molecular complexity index is 159. The van der Waals surface area contributed by atoms with Gasteiger partial charge in [0, 0.05) is 45.9 Å². The highest BCUT2D eigenvalue weighted by Gasteiger charge is 2.07. The molecule has 0 amide bonds. The van der Waals surface area contributed by atoms with Crippen LogP contribution in [0.4, 0.5) is 0 Å². The van der Waals surface area contributed by atoms with Crippen LogP contribution in [0.15, 0.2) is 0 Å². The van der Waals surface area contributed by atoms with E-state index in [9.17, 15) is 0 Å². The van der Waals surface area contributed by atoms with Crippen molar-refractivity contribution >= 4 is 0 Å². The summed E-state index contributed by atoms with van der Waals surface area (Å²) in [5.74, 6) is 0. The molecular weight excluding hydrogens is 216 g/mol. The number of nitrogens with one attached hydrogen (secondary N) is 1. The molecule has 0 aliphatic carbocycles. The predicted molar refractivity (Wildman–Crippen MR) is 70.5 cm³/mol. The van der Waals surface area contributed by atoms with E-state index >= 15 is 0 Å². The number of hydrogen-bond donors (Lipinski definition) is 1. The maximum Gasteiger partial charge on any atom is 0.0593 e. The topological polar surface area (TPSA) is 33.7 Å². The van der Waals surface area contributed by atoms with Gasteiger partial charge in [-0.2, -0.15) is 0 Å². The summed E-state index contributed by atoms with van der Waals surface area (Å²) in [5.41, 5.74) is 0. The Balaban J connectivity index is 1.82. The van der Waals surface area contributed by atoms with Crippen LogP contribution in [0.3, 0.4) is 0 Å². The van der Waals surface area contributed by atoms with Crippen molar-refractivity contribution < 1.29 is 9.47 Å². The van der Waals surface area contributed by atoms with E-state index < -0.39 is 0 Å². The van der Waals surface area contributed by atoms with Crippen LogP contribution >= 0.6 is 0 Å². The summed E-state index contributed by atoms with van der Waals surface area (Å²) >= 11 is 0. The molecule has 0 spiro atoms. The molecule has 0 bridgehead atoms. The first kappa shape index (κ1) is 14.9. The lowest BCUT2D eigenvalue weighted by atomic mass is 10.4. The zero-order chi connectivity index (χ0) is 12.2. The first-order chi connectivity index (χ1) is 8.43. The van der Waals surface area contributed by atoms with Gasteiger partial charge < -0.3 is 14.8 Å². The van der Waals surface area contributed by atoms with Crippen LogP contribution in [-0.2, 0) is 9.47 Å². The highest BCUT2D eigenvalue weighted by molar-refractivity contribution is 4.62. The van der Waals surface area contributed by atoms with Crippen molar-refractivity contribution in [3.8, 4) is 0 Å². The van der Waals surface area contributed by atoms with Crippen molar-refractivity contribution in [3.05, 3.63) is 0 Å². The van der Waals surface area contributed by atoms with Gasteiger partial charge >= 0.3 is 0 Å². The molecular formula is C13H28N2O2. The van der Waals surface area contributed by atoms with Gasteiger partial charge in [0.2, 0.25) is 0 Å². The zero-order valence-electron chi connectivity index (χ0n) is 11.2. The maximum atomic E-state index is 5.49. The van der Waals surface area contributed by atoms with E-state index in [0.717, 1.165) is 52.6 Å². The van der Waals surface area contributed by atoms with Crippen LogP contribution in [0.5, 0.6) is 0 Å². The van der Waals surface area contributed by atoms with Gasteiger partial charge in [-0.05, 0) is 12.8 Å². The molecule has 4 nitrogen and oxygen atoms in total. The van der Waals surface area contributed by atoms with Crippen LogP contribution in [0.2, 0.25) is 0 Å². The third-order valence-electron chi connectivity index (χ3n) is 2.99. The second-order valence-corrected chi connectivity index (χ2v) is 4.52. The van der Waals surface area contributed by atoms with E-state index in [2.05, 4.69) is 17.1 Å². The van der Waals surface area contributed by atoms with E-state index in [4.69, 9.17) is 9.47 Å². The largest absolute Gasteiger partial charge is 0.380 e. The van der Waals surface area contributed by atoms with Crippen molar-refractivity contribution in [3.63, 3.8) is 0 Å². The van der Waals surface area contributed by atoms with Gasteiger partial charge in [-0.15, -0.1) is 0 Å². The number of nitrogens with zero attached hydrogens (tertiary/aromatic N) is 1. The summed E-state index contributed by atoms with van der Waals surface area (Å²) in [5, 5.41) is 3.42. The Labute approximate surface area is 106 Å². The minimum atomic E-state index is 0.836. The fraction of sp³-hybridized carbons (Fsp3) is 1.00. The molecule has 0 aromatic rings. The second-order valence-electron chi connectivity index (χ2n) is 4.52. The van der Waals surface area contributed by atoms with Crippen LogP contribution in [0.1, 0.15) is 26.2 Å². The van der Waals surface area contributed by atoms with Gasteiger partial charge in [0.05, 0.1) is 13.2 Å². The summed E-state index contributed by atoms with van der Waals surface area (Å²) in [6, 6.07) is 0. The van der Waals surface area contributed by atoms with Gasteiger partial charge in [0.1, 0.15) is 0 Å². The first-order valence-electron chi connectivity index (χ1n) is 7.02. The first-order valence-corrected chi connectivity index (χ1v) is 7.02. The van der Waals surface area contributed by atoms with Crippen LogP contribution in [0.25, 0.3) is 0 Å². The molecule has 1 rings (SSSR count). The molecule has 1 saturated heterocycles. The average molecular weight is 244 g/mol. The van der Waals surface area contributed by atoms with Gasteiger partial charge in [-0.25, -0.2) is 0 Å². The fourth-order valence-corrected chi connectivity index (χ4v) is 1.88. The number of hydrogen-bond acceptors (Lipinski definition) is 4. The van der Waals surface area contributed by atoms with E-state index in [-0.39, 0.29) is 0 Å². The number of rotatable bonds is 9. The third-order valence-corrected chi connectivity index (χ3v) is 2.99. The minimum absolute atomic E-state index is 0.836. The van der Waals surface area contributed by atoms with Crippen molar-refractivity contribution in [2.45, 2.75) is 26.2 Å². The molecule has 0 aromatic carbocycles. The van der Waals surface area contributed by atoms with E-state index in [0.29, 0.717) is 0 Å². The lowest BCUT2D eigenvalue weighted by Gasteiger charge is -2.19. The predicted octanol–water partition coefficient (Wildman–Crippen LogP) is 1.12. The van der Waals surface area contributed by atoms with Gasteiger partial charge in [0.15, 0.2) is 0 Å². The van der Waals surface area contributed by atoms with E-state index in [1.165, 1.54) is 25.8 Å². The Morgan fingerprint density at radius 2 is 2.12 bits per heavy atom. The van der Waals surface area contributed by atoms with Gasteiger partial charge in [-0.1, -0.05) is 13.3 Å². The summed E-state index contributed by atoms with van der Waals surface area (Å²) in [6.07, 6.45) is 3.55. The normalized spacial score (nSPS) is 18.2. The SMILES string of the molecule is CCCCOCCNCCN1CCCOCC1. The van der Waals surface area contributed by atoms with Crippen molar-refractivity contribution in [2.24, 2.45) is 0 Å². The monoisotopic (exact) mass is 244 g/mol. The standard InChI is InChI=1S/C13H28N2O2/c1-2-3-10-16-12-6-14-5-8-15-7-4-11-17-13-9-15/h14H,2-13H2,1H3. The van der Waals surface area contributed by atoms with Crippen molar-refractivity contribution in [1.82, 2.24) is 10.2 Å². The molecule has 0 atom stereocenters. The van der Waals surface area contributed by atoms with Crippen LogP contribution in [-0.4, -0.2) is 64.1 Å². The Kier molecular flexibility index (Phi) is 9.61. The molecule has 0 unspecified atom stereocenters. The van der Waals surface area contributed by atoms with Crippen molar-refractivity contribution in [2.75, 3.05) is 59.2 Å². The van der Waals surface area contributed by atoms with E-state index in [1.54, 1.807) is 0 Å². The van der Waals surface area contributed by atoms with E-state index in [1.807, 2.05) is 0 Å². The molecule has 1 fully saturated rings. The molecule has 1 aliphatic heterocycles. The van der Waals surface area contributed by atoms with Crippen LogP contribution < -0.4 is 5.32 Å². The molecule has 1 heterocycles. The molecule has 102 valence electrons. The fourth-order valence-electron chi connectivity index (χ4n) is 1.88. The summed E-state index contributed by atoms with van der Waals surface area (Å²) < 4.78 is 10.9. The second kappa shape index (κ2) is 11.0. The summed E-state index contributed by atoms with van der Waals surface area (Å²) in [4.78, 5) is 2.47. The molecule has 0 saturated carbocycles. The highest BCUT2D eigenvalue weighted by Crippen LogP contribution is 1.97. The average Bonchev–Trinajstić information content (AvgIpc) is 2.61. The number of unbranched alkanes of at least 4 members (excludes halogenated alkanes) is 1. The van der Waals surface area contributed by atoms with Gasteiger partial charge in [-0.3, -0.25) is 4.90 Å². The molecule has 0 aromatic heterocycles. The lowest BCUT2D eigenvalue weighted by molar-refractivity contribution is 0.131. The zero-order valence-corrected chi connectivity index (χ0v) is 11.2. The summed E-state index contributed by atoms with van der Waals surface area (Å²) in [6.45, 7) is 11.1. The third kappa shape index (κ3) is 8.55. The Hall–Kier alpha value is -0.160. The van der Waals surface area contributed by atoms with Crippen LogP contribution in [0, 0.1) is 0 Å². The number of ether oxygens (including phenoxy) is 2. The quantitative estimate of drug-likeness (QED) is 0.616. The van der Waals surface area contributed by atoms with Gasteiger partial charge in [0.25, 0.3) is 0 Å². The Morgan fingerprint density at radius 3 is 3.00 bits per heavy atom. The highest BCUT2D eigenvalue weighted by atomic mass is 16.5. The maximum absolute atomic E-state index is 5.49. The summed E-state index contributed by atoms with van der Waals surface area (Å²) in [7, 11) is 0. The Morgan fingerprint density at radius 1 is 1.18 bits per heavy atom. The molecule has 17 heavy (non-hydrogen) atoms. The molecule has 4 heteroatoms. The molecule has 1 N–H and O–H groups in total. The smallest absolute Gasteiger partial charge is 0.0593 e. The minimum Gasteiger partial charge on any atom is -0.380 e. The van der Waals surface area contributed by atoms with Crippen molar-refractivity contribution in [1.29, 1.82) is 0 Å². The molecule has 1 aliphatic rings. The molecule has 0 radical (unpaired) electrons.